The highest BCUT2D eigenvalue weighted by Gasteiger charge is 2.26. The van der Waals surface area contributed by atoms with Crippen molar-refractivity contribution in [1.29, 1.82) is 0 Å². The fourth-order valence-corrected chi connectivity index (χ4v) is 1.77. The average molecular weight is 237 g/mol. The molecular weight excluding hydrogens is 217 g/mol. The zero-order chi connectivity index (χ0) is 13.2. The predicted molar refractivity (Wildman–Crippen MR) is 69.1 cm³/mol. The number of para-hydroxylation sites is 1. The molecule has 0 bridgehead atoms. The first kappa shape index (κ1) is 13.7. The molecular formula is C14H20FNO. The van der Waals surface area contributed by atoms with Crippen LogP contribution in [0.2, 0.25) is 0 Å². The van der Waals surface area contributed by atoms with Gasteiger partial charge in [0.25, 0.3) is 0 Å². The summed E-state index contributed by atoms with van der Waals surface area (Å²) >= 11 is 0. The van der Waals surface area contributed by atoms with E-state index in [0.717, 1.165) is 0 Å². The minimum Gasteiger partial charge on any atom is -0.368 e. The van der Waals surface area contributed by atoms with Crippen LogP contribution in [0.15, 0.2) is 18.2 Å². The third-order valence-corrected chi connectivity index (χ3v) is 3.33. The summed E-state index contributed by atoms with van der Waals surface area (Å²) in [7, 11) is 1.82. The van der Waals surface area contributed by atoms with Gasteiger partial charge < -0.3 is 4.90 Å². The first-order chi connectivity index (χ1) is 7.79. The lowest BCUT2D eigenvalue weighted by Gasteiger charge is -2.37. The van der Waals surface area contributed by atoms with Crippen LogP contribution in [0.25, 0.3) is 0 Å². The van der Waals surface area contributed by atoms with Crippen molar-refractivity contribution >= 4 is 12.0 Å². The molecule has 0 aliphatic carbocycles. The number of benzene rings is 1. The van der Waals surface area contributed by atoms with Crippen LogP contribution in [0.4, 0.5) is 10.1 Å². The minimum absolute atomic E-state index is 0.0111. The van der Waals surface area contributed by atoms with E-state index in [9.17, 15) is 9.18 Å². The summed E-state index contributed by atoms with van der Waals surface area (Å²) in [6.07, 6.45) is 0.699. The quantitative estimate of drug-likeness (QED) is 0.750. The molecule has 1 atom stereocenters. The van der Waals surface area contributed by atoms with Crippen molar-refractivity contribution in [3.05, 3.63) is 29.6 Å². The van der Waals surface area contributed by atoms with E-state index in [4.69, 9.17) is 0 Å². The molecule has 0 fully saturated rings. The van der Waals surface area contributed by atoms with E-state index < -0.39 is 0 Å². The molecule has 0 aliphatic rings. The summed E-state index contributed by atoms with van der Waals surface area (Å²) in [4.78, 5) is 12.8. The van der Waals surface area contributed by atoms with Crippen molar-refractivity contribution in [3.8, 4) is 0 Å². The van der Waals surface area contributed by atoms with Crippen LogP contribution in [-0.4, -0.2) is 19.4 Å². The monoisotopic (exact) mass is 237 g/mol. The summed E-state index contributed by atoms with van der Waals surface area (Å²) in [5.41, 5.74) is 0.783. The molecule has 0 spiro atoms. The van der Waals surface area contributed by atoms with Crippen molar-refractivity contribution in [3.63, 3.8) is 0 Å². The largest absolute Gasteiger partial charge is 0.368 e. The normalized spacial score (nSPS) is 13.3. The minimum atomic E-state index is -0.354. The standard InChI is InChI=1S/C14H20FNO/c1-10(14(2,3)4)16(5)13-11(9-17)7-6-8-12(13)15/h6-10H,1-5H3. The number of hydrogen-bond donors (Lipinski definition) is 0. The van der Waals surface area contributed by atoms with Crippen molar-refractivity contribution < 1.29 is 9.18 Å². The van der Waals surface area contributed by atoms with Gasteiger partial charge in [0.1, 0.15) is 5.82 Å². The average Bonchev–Trinajstić information content (AvgIpc) is 2.25. The molecule has 0 aromatic heterocycles. The van der Waals surface area contributed by atoms with Crippen molar-refractivity contribution in [1.82, 2.24) is 0 Å². The summed E-state index contributed by atoms with van der Waals surface area (Å²) in [6, 6.07) is 4.70. The topological polar surface area (TPSA) is 20.3 Å². The number of rotatable bonds is 3. The summed E-state index contributed by atoms with van der Waals surface area (Å²) in [5.74, 6) is -0.354. The molecule has 1 unspecified atom stereocenters. The van der Waals surface area contributed by atoms with Gasteiger partial charge in [0, 0.05) is 18.7 Å². The second-order valence-corrected chi connectivity index (χ2v) is 5.45. The van der Waals surface area contributed by atoms with Gasteiger partial charge in [0.15, 0.2) is 6.29 Å². The van der Waals surface area contributed by atoms with Gasteiger partial charge in [-0.15, -0.1) is 0 Å². The Hall–Kier alpha value is -1.38. The molecule has 1 rings (SSSR count). The van der Waals surface area contributed by atoms with Gasteiger partial charge >= 0.3 is 0 Å². The molecule has 0 amide bonds. The molecule has 0 N–H and O–H groups in total. The Kier molecular flexibility index (Phi) is 3.91. The lowest BCUT2D eigenvalue weighted by atomic mass is 9.86. The molecule has 17 heavy (non-hydrogen) atoms. The van der Waals surface area contributed by atoms with Gasteiger partial charge in [-0.1, -0.05) is 26.8 Å². The number of halogens is 1. The van der Waals surface area contributed by atoms with Crippen LogP contribution in [0.1, 0.15) is 38.1 Å². The van der Waals surface area contributed by atoms with Crippen LogP contribution in [0.3, 0.4) is 0 Å². The van der Waals surface area contributed by atoms with Gasteiger partial charge in [0.2, 0.25) is 0 Å². The van der Waals surface area contributed by atoms with Gasteiger partial charge in [0.05, 0.1) is 5.69 Å². The lowest BCUT2D eigenvalue weighted by Crippen LogP contribution is -2.40. The third-order valence-electron chi connectivity index (χ3n) is 3.33. The van der Waals surface area contributed by atoms with Gasteiger partial charge in [-0.3, -0.25) is 4.79 Å². The summed E-state index contributed by atoms with van der Waals surface area (Å²) < 4.78 is 13.8. The number of hydrogen-bond acceptors (Lipinski definition) is 2. The Morgan fingerprint density at radius 3 is 2.41 bits per heavy atom. The van der Waals surface area contributed by atoms with Crippen LogP contribution < -0.4 is 4.90 Å². The highest BCUT2D eigenvalue weighted by molar-refractivity contribution is 5.84. The maximum absolute atomic E-state index is 13.8. The van der Waals surface area contributed by atoms with E-state index >= 15 is 0 Å². The van der Waals surface area contributed by atoms with Crippen molar-refractivity contribution in [2.24, 2.45) is 5.41 Å². The molecule has 0 radical (unpaired) electrons. The Morgan fingerprint density at radius 2 is 1.94 bits per heavy atom. The third kappa shape index (κ3) is 2.84. The summed E-state index contributed by atoms with van der Waals surface area (Å²) in [5, 5.41) is 0. The molecule has 0 aliphatic heterocycles. The Labute approximate surface area is 102 Å². The highest BCUT2D eigenvalue weighted by Crippen LogP contribution is 2.30. The fourth-order valence-electron chi connectivity index (χ4n) is 1.77. The molecule has 1 aromatic carbocycles. The smallest absolute Gasteiger partial charge is 0.152 e. The van der Waals surface area contributed by atoms with E-state index in [1.54, 1.807) is 12.1 Å². The maximum Gasteiger partial charge on any atom is 0.152 e. The summed E-state index contributed by atoms with van der Waals surface area (Å²) in [6.45, 7) is 8.31. The molecule has 2 nitrogen and oxygen atoms in total. The van der Waals surface area contributed by atoms with E-state index in [1.165, 1.54) is 6.07 Å². The molecule has 3 heteroatoms. The number of carbonyl (C=O) groups excluding carboxylic acids is 1. The maximum atomic E-state index is 13.8. The zero-order valence-corrected chi connectivity index (χ0v) is 11.1. The predicted octanol–water partition coefficient (Wildman–Crippen LogP) is 3.51. The van der Waals surface area contributed by atoms with E-state index in [-0.39, 0.29) is 17.3 Å². The molecule has 1 aromatic rings. The van der Waals surface area contributed by atoms with Gasteiger partial charge in [-0.25, -0.2) is 4.39 Å². The number of anilines is 1. The Balaban J connectivity index is 3.20. The van der Waals surface area contributed by atoms with Crippen LogP contribution in [-0.2, 0) is 0 Å². The first-order valence-electron chi connectivity index (χ1n) is 5.75. The molecule has 0 heterocycles. The van der Waals surface area contributed by atoms with Crippen LogP contribution in [0, 0.1) is 11.2 Å². The van der Waals surface area contributed by atoms with Gasteiger partial charge in [-0.05, 0) is 24.5 Å². The number of nitrogens with zero attached hydrogens (tertiary/aromatic N) is 1. The van der Waals surface area contributed by atoms with E-state index in [2.05, 4.69) is 20.8 Å². The van der Waals surface area contributed by atoms with Crippen molar-refractivity contribution in [2.75, 3.05) is 11.9 Å². The molecule has 94 valence electrons. The zero-order valence-electron chi connectivity index (χ0n) is 11.1. The van der Waals surface area contributed by atoms with E-state index in [0.29, 0.717) is 17.5 Å². The van der Waals surface area contributed by atoms with Crippen molar-refractivity contribution in [2.45, 2.75) is 33.7 Å². The van der Waals surface area contributed by atoms with Crippen LogP contribution >= 0.6 is 0 Å². The van der Waals surface area contributed by atoms with E-state index in [1.807, 2.05) is 18.9 Å². The van der Waals surface area contributed by atoms with Gasteiger partial charge in [-0.2, -0.15) is 0 Å². The Morgan fingerprint density at radius 1 is 1.35 bits per heavy atom. The fraction of sp³-hybridized carbons (Fsp3) is 0.500. The molecule has 0 saturated heterocycles. The Bertz CT molecular complexity index is 409. The second kappa shape index (κ2) is 4.86. The SMILES string of the molecule is CC(N(C)c1c(F)cccc1C=O)C(C)(C)C. The van der Waals surface area contributed by atoms with Crippen LogP contribution in [0.5, 0.6) is 0 Å². The highest BCUT2D eigenvalue weighted by atomic mass is 19.1. The first-order valence-corrected chi connectivity index (χ1v) is 5.75. The second-order valence-electron chi connectivity index (χ2n) is 5.45. The lowest BCUT2D eigenvalue weighted by molar-refractivity contribution is 0.112. The number of aldehydes is 1. The number of carbonyl (C=O) groups is 1. The molecule has 0 saturated carbocycles.